The number of hydrogen-bond donors (Lipinski definition) is 3. The molecule has 3 unspecified atom stereocenters. The Balaban J connectivity index is 3.88. The van der Waals surface area contributed by atoms with E-state index in [4.69, 9.17) is 9.47 Å². The first-order chi connectivity index (χ1) is 21.8. The molecule has 0 amide bonds. The van der Waals surface area contributed by atoms with Crippen LogP contribution in [0.4, 0.5) is 0 Å². The predicted octanol–water partition coefficient (Wildman–Crippen LogP) is 8.69. The van der Waals surface area contributed by atoms with E-state index in [-0.39, 0.29) is 25.4 Å². The summed E-state index contributed by atoms with van der Waals surface area (Å²) < 4.78 is 10.4. The van der Waals surface area contributed by atoms with Crippen molar-refractivity contribution in [1.29, 1.82) is 0 Å². The van der Waals surface area contributed by atoms with Crippen LogP contribution in [0.5, 0.6) is 0 Å². The first-order valence-electron chi connectivity index (χ1n) is 18.1. The molecule has 3 N–H and O–H groups in total. The van der Waals surface area contributed by atoms with Gasteiger partial charge in [-0.15, -0.1) is 0 Å². The fourth-order valence-electron chi connectivity index (χ4n) is 4.87. The minimum absolute atomic E-state index is 0.0414. The first-order valence-corrected chi connectivity index (χ1v) is 18.1. The summed E-state index contributed by atoms with van der Waals surface area (Å²) >= 11 is 0. The number of unbranched alkanes of at least 4 members (excludes halogenated alkanes) is 10. The van der Waals surface area contributed by atoms with E-state index >= 15 is 0 Å². The first kappa shape index (κ1) is 43.0. The molecule has 0 radical (unpaired) electrons. The molecule has 0 rings (SSSR count). The lowest BCUT2D eigenvalue weighted by atomic mass is 9.99. The molecular formula is C38H68O7. The van der Waals surface area contributed by atoms with Gasteiger partial charge < -0.3 is 24.8 Å². The topological polar surface area (TPSA) is 113 Å². The molecule has 0 aromatic rings. The van der Waals surface area contributed by atoms with Gasteiger partial charge >= 0.3 is 11.9 Å². The van der Waals surface area contributed by atoms with Crippen molar-refractivity contribution in [3.8, 4) is 0 Å². The summed E-state index contributed by atoms with van der Waals surface area (Å²) in [5.41, 5.74) is 0. The summed E-state index contributed by atoms with van der Waals surface area (Å²) in [6.07, 6.45) is 29.5. The lowest BCUT2D eigenvalue weighted by Gasteiger charge is -2.17. The fourth-order valence-corrected chi connectivity index (χ4v) is 4.87. The highest BCUT2D eigenvalue weighted by molar-refractivity contribution is 5.70. The summed E-state index contributed by atoms with van der Waals surface area (Å²) in [6, 6.07) is 0. The Morgan fingerprint density at radius 3 is 1.91 bits per heavy atom. The molecule has 0 aromatic heterocycles. The lowest BCUT2D eigenvalue weighted by molar-refractivity contribution is -0.161. The monoisotopic (exact) mass is 636 g/mol. The second-order valence-electron chi connectivity index (χ2n) is 12.5. The normalized spacial score (nSPS) is 14.7. The van der Waals surface area contributed by atoms with E-state index in [9.17, 15) is 24.9 Å². The Bertz CT molecular complexity index is 776. The Morgan fingerprint density at radius 1 is 0.667 bits per heavy atom. The zero-order valence-electron chi connectivity index (χ0n) is 29.0. The number of carbonyl (C=O) groups is 2. The smallest absolute Gasteiger partial charge is 0.306 e. The van der Waals surface area contributed by atoms with Crippen LogP contribution in [0.2, 0.25) is 0 Å². The summed E-state index contributed by atoms with van der Waals surface area (Å²) in [4.78, 5) is 24.2. The number of aliphatic hydroxyl groups is 3. The summed E-state index contributed by atoms with van der Waals surface area (Å²) in [7, 11) is 0. The average molecular weight is 637 g/mol. The number of allylic oxidation sites excluding steroid dienone is 5. The van der Waals surface area contributed by atoms with Crippen LogP contribution >= 0.6 is 0 Å². The van der Waals surface area contributed by atoms with Gasteiger partial charge in [0.15, 0.2) is 6.10 Å². The van der Waals surface area contributed by atoms with Crippen molar-refractivity contribution < 1.29 is 34.4 Å². The molecule has 7 nitrogen and oxygen atoms in total. The van der Waals surface area contributed by atoms with E-state index in [1.54, 1.807) is 0 Å². The minimum Gasteiger partial charge on any atom is -0.462 e. The van der Waals surface area contributed by atoms with E-state index in [0.29, 0.717) is 19.3 Å². The van der Waals surface area contributed by atoms with Crippen LogP contribution in [0.15, 0.2) is 36.5 Å². The van der Waals surface area contributed by atoms with Crippen molar-refractivity contribution >= 4 is 11.9 Å². The van der Waals surface area contributed by atoms with Gasteiger partial charge in [0.2, 0.25) is 0 Å². The molecule has 0 aliphatic rings. The fraction of sp³-hybridized carbons (Fsp3) is 0.789. The van der Waals surface area contributed by atoms with Gasteiger partial charge in [0, 0.05) is 12.8 Å². The van der Waals surface area contributed by atoms with Crippen LogP contribution in [0, 0.1) is 5.92 Å². The Labute approximate surface area is 275 Å². The molecule has 262 valence electrons. The van der Waals surface area contributed by atoms with Crippen molar-refractivity contribution in [3.05, 3.63) is 36.5 Å². The molecule has 4 atom stereocenters. The highest BCUT2D eigenvalue weighted by Gasteiger charge is 2.18. The third-order valence-electron chi connectivity index (χ3n) is 8.18. The zero-order chi connectivity index (χ0) is 33.4. The van der Waals surface area contributed by atoms with Crippen molar-refractivity contribution in [2.75, 3.05) is 13.2 Å². The molecule has 0 heterocycles. The number of hydrogen-bond acceptors (Lipinski definition) is 7. The van der Waals surface area contributed by atoms with E-state index in [2.05, 4.69) is 45.1 Å². The molecule has 0 aromatic carbocycles. The van der Waals surface area contributed by atoms with Gasteiger partial charge in [-0.3, -0.25) is 9.59 Å². The van der Waals surface area contributed by atoms with E-state index in [1.807, 2.05) is 12.2 Å². The molecule has 0 aliphatic heterocycles. The van der Waals surface area contributed by atoms with Gasteiger partial charge in [-0.1, -0.05) is 128 Å². The summed E-state index contributed by atoms with van der Waals surface area (Å²) in [5.74, 6) is -0.0412. The van der Waals surface area contributed by atoms with Crippen LogP contribution in [0.25, 0.3) is 0 Å². The van der Waals surface area contributed by atoms with Crippen LogP contribution in [0.3, 0.4) is 0 Å². The van der Waals surface area contributed by atoms with Crippen molar-refractivity contribution in [1.82, 2.24) is 0 Å². The highest BCUT2D eigenvalue weighted by Crippen LogP contribution is 2.15. The maximum absolute atomic E-state index is 12.2. The third kappa shape index (κ3) is 29.2. The zero-order valence-corrected chi connectivity index (χ0v) is 29.0. The van der Waals surface area contributed by atoms with Crippen molar-refractivity contribution in [2.45, 2.75) is 174 Å². The Kier molecular flexibility index (Phi) is 30.6. The standard InChI is InChI=1S/C38H68O7/c1-4-6-7-8-9-10-11-12-13-17-20-23-27-35(40)36(41)28-25-30-38(43)45-34(31-39)32-44-37(42)29-24-21-18-15-14-16-19-22-26-33(3)5-2/h9-10,12-13,20,23,33-36,39-41H,4-8,11,14-19,21-22,24-32H2,1-3H3/b10-9-,13-12-,23-20-/t33?,34-,35?,36?/m0/s1. The van der Waals surface area contributed by atoms with Gasteiger partial charge in [-0.2, -0.15) is 0 Å². The molecule has 7 heteroatoms. The van der Waals surface area contributed by atoms with Gasteiger partial charge in [-0.25, -0.2) is 0 Å². The number of rotatable bonds is 31. The van der Waals surface area contributed by atoms with Gasteiger partial charge in [-0.05, 0) is 57.3 Å². The second kappa shape index (κ2) is 32.0. The third-order valence-corrected chi connectivity index (χ3v) is 8.18. The number of carbonyl (C=O) groups excluding carboxylic acids is 2. The Morgan fingerprint density at radius 2 is 1.27 bits per heavy atom. The average Bonchev–Trinajstić information content (AvgIpc) is 3.03. The molecule has 0 spiro atoms. The van der Waals surface area contributed by atoms with Crippen LogP contribution < -0.4 is 0 Å². The van der Waals surface area contributed by atoms with E-state index in [1.165, 1.54) is 64.2 Å². The van der Waals surface area contributed by atoms with Crippen LogP contribution in [-0.2, 0) is 19.1 Å². The van der Waals surface area contributed by atoms with Crippen molar-refractivity contribution in [3.63, 3.8) is 0 Å². The van der Waals surface area contributed by atoms with Crippen LogP contribution in [-0.4, -0.2) is 58.8 Å². The second-order valence-corrected chi connectivity index (χ2v) is 12.5. The molecule has 45 heavy (non-hydrogen) atoms. The highest BCUT2D eigenvalue weighted by atomic mass is 16.6. The molecule has 0 bridgehead atoms. The summed E-state index contributed by atoms with van der Waals surface area (Å²) in [6.45, 7) is 6.17. The number of esters is 2. The van der Waals surface area contributed by atoms with Gasteiger partial charge in [0.1, 0.15) is 6.61 Å². The number of ether oxygens (including phenoxy) is 2. The quantitative estimate of drug-likeness (QED) is 0.0396. The largest absolute Gasteiger partial charge is 0.462 e. The molecule has 0 saturated carbocycles. The molecule has 0 fully saturated rings. The molecule has 0 aliphatic carbocycles. The predicted molar refractivity (Wildman–Crippen MR) is 185 cm³/mol. The van der Waals surface area contributed by atoms with E-state index < -0.39 is 30.9 Å². The summed E-state index contributed by atoms with van der Waals surface area (Å²) in [5, 5.41) is 29.9. The van der Waals surface area contributed by atoms with Gasteiger partial charge in [0.25, 0.3) is 0 Å². The molecule has 0 saturated heterocycles. The number of aliphatic hydroxyl groups excluding tert-OH is 3. The van der Waals surface area contributed by atoms with Gasteiger partial charge in [0.05, 0.1) is 18.8 Å². The maximum Gasteiger partial charge on any atom is 0.306 e. The molecular weight excluding hydrogens is 568 g/mol. The SMILES string of the molecule is CCCCC/C=C\C/C=C\C/C=C\CC(O)C(O)CCCC(=O)O[C@@H](CO)COC(=O)CCCCCCCCCCC(C)CC. The van der Waals surface area contributed by atoms with Crippen LogP contribution in [0.1, 0.15) is 156 Å². The maximum atomic E-state index is 12.2. The lowest BCUT2D eigenvalue weighted by Crippen LogP contribution is -2.29. The minimum atomic E-state index is -0.940. The van der Waals surface area contributed by atoms with Crippen molar-refractivity contribution in [2.24, 2.45) is 5.92 Å². The Hall–Kier alpha value is -1.96. The van der Waals surface area contributed by atoms with E-state index in [0.717, 1.165) is 44.4 Å².